The second-order valence-electron chi connectivity index (χ2n) is 15.6. The van der Waals surface area contributed by atoms with Crippen molar-refractivity contribution in [3.8, 4) is 44.5 Å². The van der Waals surface area contributed by atoms with E-state index in [1.165, 1.54) is 109 Å². The molecule has 0 atom stereocenters. The molecule has 57 heavy (non-hydrogen) atoms. The zero-order chi connectivity index (χ0) is 37.2. The highest BCUT2D eigenvalue weighted by Gasteiger charge is 2.18. The number of hydrogen-bond donors (Lipinski definition) is 0. The number of furan rings is 1. The summed E-state index contributed by atoms with van der Waals surface area (Å²) in [6.45, 7) is 0. The van der Waals surface area contributed by atoms with Gasteiger partial charge in [0.05, 0.1) is 0 Å². The largest absolute Gasteiger partial charge is 0.456 e. The van der Waals surface area contributed by atoms with E-state index in [1.54, 1.807) is 0 Å². The van der Waals surface area contributed by atoms with E-state index in [2.05, 4.69) is 182 Å². The number of benzene rings is 12. The van der Waals surface area contributed by atoms with Gasteiger partial charge in [-0.15, -0.1) is 0 Å². The minimum Gasteiger partial charge on any atom is -0.456 e. The molecule has 13 aromatic rings. The molecule has 0 bridgehead atoms. The van der Waals surface area contributed by atoms with Gasteiger partial charge in [0.1, 0.15) is 11.2 Å². The Bertz CT molecular complexity index is 3700. The summed E-state index contributed by atoms with van der Waals surface area (Å²) in [5.74, 6) is 0. The monoisotopic (exact) mass is 720 g/mol. The van der Waals surface area contributed by atoms with Gasteiger partial charge >= 0.3 is 0 Å². The highest BCUT2D eigenvalue weighted by Crippen LogP contribution is 2.44. The molecule has 0 spiro atoms. The summed E-state index contributed by atoms with van der Waals surface area (Å²) in [7, 11) is 0. The molecular formula is C56H32O. The van der Waals surface area contributed by atoms with E-state index in [9.17, 15) is 0 Å². The molecule has 13 rings (SSSR count). The molecule has 0 saturated heterocycles. The van der Waals surface area contributed by atoms with Gasteiger partial charge in [-0.05, 0) is 133 Å². The van der Waals surface area contributed by atoms with Crippen molar-refractivity contribution in [3.05, 3.63) is 194 Å². The topological polar surface area (TPSA) is 13.1 Å². The van der Waals surface area contributed by atoms with Crippen LogP contribution in [0.5, 0.6) is 0 Å². The van der Waals surface area contributed by atoms with Gasteiger partial charge in [0, 0.05) is 10.8 Å². The number of para-hydroxylation sites is 1. The van der Waals surface area contributed by atoms with Crippen molar-refractivity contribution in [2.75, 3.05) is 0 Å². The molecule has 262 valence electrons. The minimum absolute atomic E-state index is 0.907. The Hall–Kier alpha value is -7.48. The zero-order valence-corrected chi connectivity index (χ0v) is 30.9. The van der Waals surface area contributed by atoms with E-state index in [0.29, 0.717) is 0 Å². The molecule has 0 fully saturated rings. The average Bonchev–Trinajstić information content (AvgIpc) is 3.65. The van der Waals surface area contributed by atoms with Crippen LogP contribution in [-0.4, -0.2) is 0 Å². The maximum absolute atomic E-state index is 6.25. The molecule has 1 heteroatoms. The highest BCUT2D eigenvalue weighted by molar-refractivity contribution is 6.27. The molecule has 0 aliphatic rings. The third-order valence-electron chi connectivity index (χ3n) is 12.6. The smallest absolute Gasteiger partial charge is 0.135 e. The van der Waals surface area contributed by atoms with E-state index < -0.39 is 0 Å². The fraction of sp³-hybridized carbons (Fsp3) is 0. The molecule has 0 amide bonds. The van der Waals surface area contributed by atoms with Crippen LogP contribution in [0.1, 0.15) is 0 Å². The molecule has 0 saturated carbocycles. The molecule has 1 nitrogen and oxygen atoms in total. The van der Waals surface area contributed by atoms with Gasteiger partial charge < -0.3 is 4.42 Å². The Balaban J connectivity index is 1.01. The van der Waals surface area contributed by atoms with Crippen LogP contribution >= 0.6 is 0 Å². The van der Waals surface area contributed by atoms with Gasteiger partial charge in [-0.2, -0.15) is 0 Å². The lowest BCUT2D eigenvalue weighted by Gasteiger charge is -2.17. The third-order valence-corrected chi connectivity index (χ3v) is 12.6. The Morgan fingerprint density at radius 3 is 1.30 bits per heavy atom. The summed E-state index contributed by atoms with van der Waals surface area (Å²) in [6.07, 6.45) is 0. The van der Waals surface area contributed by atoms with Gasteiger partial charge in [0.15, 0.2) is 0 Å². The van der Waals surface area contributed by atoms with Gasteiger partial charge in [0.2, 0.25) is 0 Å². The summed E-state index contributed by atoms with van der Waals surface area (Å²) in [4.78, 5) is 0. The second kappa shape index (κ2) is 11.5. The van der Waals surface area contributed by atoms with E-state index in [-0.39, 0.29) is 0 Å². The first-order valence-corrected chi connectivity index (χ1v) is 19.7. The Morgan fingerprint density at radius 2 is 0.667 bits per heavy atom. The predicted molar refractivity (Wildman–Crippen MR) is 243 cm³/mol. The van der Waals surface area contributed by atoms with Crippen LogP contribution in [0.2, 0.25) is 0 Å². The molecule has 0 unspecified atom stereocenters. The van der Waals surface area contributed by atoms with Crippen LogP contribution in [0, 0.1) is 0 Å². The third kappa shape index (κ3) is 4.46. The molecule has 12 aromatic carbocycles. The van der Waals surface area contributed by atoms with Crippen molar-refractivity contribution in [3.63, 3.8) is 0 Å². The van der Waals surface area contributed by atoms with Crippen molar-refractivity contribution in [2.24, 2.45) is 0 Å². The van der Waals surface area contributed by atoms with Crippen molar-refractivity contribution in [1.29, 1.82) is 0 Å². The number of rotatable bonds is 4. The van der Waals surface area contributed by atoms with Crippen molar-refractivity contribution >= 4 is 86.6 Å². The first-order chi connectivity index (χ1) is 28.2. The van der Waals surface area contributed by atoms with Crippen molar-refractivity contribution in [2.45, 2.75) is 0 Å². The van der Waals surface area contributed by atoms with Crippen LogP contribution in [0.15, 0.2) is 199 Å². The lowest BCUT2D eigenvalue weighted by molar-refractivity contribution is 0.669. The standard InChI is InChI=1S/C56H32O/c1-2-10-51-46(9-1)50-32-42(24-30-52(50)57-51)45-27-23-41(44-26-20-40-18-16-36-6-4-8-38-22-29-48(44)56(40)54(36)38)31-49(45)34-13-11-33(12-14-34)43-25-19-39-17-15-35-5-3-7-37-21-28-47(43)55(39)53(35)37/h1-32H. The van der Waals surface area contributed by atoms with Crippen LogP contribution < -0.4 is 0 Å². The minimum atomic E-state index is 0.907. The zero-order valence-electron chi connectivity index (χ0n) is 30.9. The molecule has 0 aliphatic heterocycles. The van der Waals surface area contributed by atoms with Gasteiger partial charge in [-0.25, -0.2) is 0 Å². The second-order valence-corrected chi connectivity index (χ2v) is 15.6. The summed E-state index contributed by atoms with van der Waals surface area (Å²) in [5.41, 5.74) is 11.5. The summed E-state index contributed by atoms with van der Waals surface area (Å²) >= 11 is 0. The first kappa shape index (κ1) is 30.8. The van der Waals surface area contributed by atoms with E-state index in [1.807, 2.05) is 12.1 Å². The summed E-state index contributed by atoms with van der Waals surface area (Å²) < 4.78 is 6.25. The highest BCUT2D eigenvalue weighted by atomic mass is 16.3. The fourth-order valence-corrected chi connectivity index (χ4v) is 9.90. The maximum atomic E-state index is 6.25. The quantitative estimate of drug-likeness (QED) is 0.165. The summed E-state index contributed by atoms with van der Waals surface area (Å²) in [5, 5.41) is 17.9. The van der Waals surface area contributed by atoms with Crippen LogP contribution in [0.3, 0.4) is 0 Å². The Labute approximate surface area is 328 Å². The van der Waals surface area contributed by atoms with E-state index >= 15 is 0 Å². The Kier molecular flexibility index (Phi) is 6.23. The summed E-state index contributed by atoms with van der Waals surface area (Å²) in [6, 6.07) is 71.8. The average molecular weight is 721 g/mol. The normalized spacial score (nSPS) is 12.2. The van der Waals surface area contributed by atoms with Crippen LogP contribution in [-0.2, 0) is 0 Å². The molecular weight excluding hydrogens is 689 g/mol. The molecule has 1 heterocycles. The van der Waals surface area contributed by atoms with Crippen LogP contribution in [0.25, 0.3) is 131 Å². The number of hydrogen-bond acceptors (Lipinski definition) is 1. The Morgan fingerprint density at radius 1 is 0.228 bits per heavy atom. The fourth-order valence-electron chi connectivity index (χ4n) is 9.90. The number of fused-ring (bicyclic) bond motifs is 3. The molecule has 0 radical (unpaired) electrons. The lowest BCUT2D eigenvalue weighted by atomic mass is 9.86. The van der Waals surface area contributed by atoms with Crippen molar-refractivity contribution in [1.82, 2.24) is 0 Å². The molecule has 1 aromatic heterocycles. The van der Waals surface area contributed by atoms with Gasteiger partial charge in [0.25, 0.3) is 0 Å². The van der Waals surface area contributed by atoms with E-state index in [4.69, 9.17) is 4.42 Å². The van der Waals surface area contributed by atoms with Crippen molar-refractivity contribution < 1.29 is 4.42 Å². The van der Waals surface area contributed by atoms with Gasteiger partial charge in [-0.3, -0.25) is 0 Å². The van der Waals surface area contributed by atoms with E-state index in [0.717, 1.165) is 21.9 Å². The molecule has 0 aliphatic carbocycles. The first-order valence-electron chi connectivity index (χ1n) is 19.7. The van der Waals surface area contributed by atoms with Crippen LogP contribution in [0.4, 0.5) is 0 Å². The predicted octanol–water partition coefficient (Wildman–Crippen LogP) is 16.0. The lowest BCUT2D eigenvalue weighted by Crippen LogP contribution is -1.91. The SMILES string of the molecule is c1cc2ccc3ccc(-c4ccc(-c5cc(-c6ccc7ccc8cccc9ccc6c7c89)ccc5-c5ccc6oc7ccccc7c6c5)cc4)c4ccc(c1)c2c34. The maximum Gasteiger partial charge on any atom is 0.135 e. The van der Waals surface area contributed by atoms with Gasteiger partial charge in [-0.1, -0.05) is 170 Å². The molecule has 0 N–H and O–H groups in total.